The molecule has 1 aliphatic heterocycles. The van der Waals surface area contributed by atoms with Gasteiger partial charge >= 0.3 is 6.18 Å². The Balaban J connectivity index is 1.63. The third-order valence-electron chi connectivity index (χ3n) is 4.73. The van der Waals surface area contributed by atoms with E-state index in [0.29, 0.717) is 18.8 Å². The van der Waals surface area contributed by atoms with Gasteiger partial charge in [-0.1, -0.05) is 6.07 Å². The monoisotopic (exact) mass is 380 g/mol. The molecule has 0 aliphatic carbocycles. The van der Waals surface area contributed by atoms with Crippen LogP contribution in [0.4, 0.5) is 18.9 Å². The smallest absolute Gasteiger partial charge is 0.416 e. The minimum atomic E-state index is -4.32. The van der Waals surface area contributed by atoms with Gasteiger partial charge in [0.25, 0.3) is 0 Å². The van der Waals surface area contributed by atoms with Crippen LogP contribution in [0.25, 0.3) is 0 Å². The molecule has 3 rings (SSSR count). The van der Waals surface area contributed by atoms with E-state index in [2.05, 4.69) is 4.90 Å². The molecule has 1 saturated heterocycles. The molecule has 2 aromatic carbocycles. The van der Waals surface area contributed by atoms with E-state index < -0.39 is 11.7 Å². The molecule has 7 heteroatoms. The summed E-state index contributed by atoms with van der Waals surface area (Å²) in [6.45, 7) is 3.65. The Morgan fingerprint density at radius 1 is 0.889 bits per heavy atom. The molecule has 1 aliphatic rings. The van der Waals surface area contributed by atoms with E-state index in [1.807, 2.05) is 23.1 Å². The standard InChI is InChI=1S/C20H23F3N2O2/c1-26-18-10-15(11-19(13-18)27-2)14-24-6-8-25(9-7-24)17-5-3-4-16(12-17)20(21,22)23/h3-5,10-13H,6-9,14H2,1-2H3. The van der Waals surface area contributed by atoms with Crippen molar-refractivity contribution in [3.8, 4) is 11.5 Å². The Morgan fingerprint density at radius 3 is 2.07 bits per heavy atom. The lowest BCUT2D eigenvalue weighted by Gasteiger charge is -2.36. The fourth-order valence-corrected chi connectivity index (χ4v) is 3.26. The molecule has 4 nitrogen and oxygen atoms in total. The Kier molecular flexibility index (Phi) is 5.79. The summed E-state index contributed by atoms with van der Waals surface area (Å²) in [6, 6.07) is 11.3. The second-order valence-electron chi connectivity index (χ2n) is 6.53. The molecule has 0 bridgehead atoms. The second-order valence-corrected chi connectivity index (χ2v) is 6.53. The van der Waals surface area contributed by atoms with Gasteiger partial charge in [0.05, 0.1) is 19.8 Å². The number of halogens is 3. The van der Waals surface area contributed by atoms with Crippen LogP contribution < -0.4 is 14.4 Å². The average molecular weight is 380 g/mol. The largest absolute Gasteiger partial charge is 0.497 e. The van der Waals surface area contributed by atoms with E-state index >= 15 is 0 Å². The highest BCUT2D eigenvalue weighted by molar-refractivity contribution is 5.49. The Morgan fingerprint density at radius 2 is 1.52 bits per heavy atom. The minimum Gasteiger partial charge on any atom is -0.497 e. The number of ether oxygens (including phenoxy) is 2. The Bertz CT molecular complexity index is 750. The van der Waals surface area contributed by atoms with Crippen LogP contribution in [0.3, 0.4) is 0 Å². The first-order valence-electron chi connectivity index (χ1n) is 8.75. The van der Waals surface area contributed by atoms with E-state index in [9.17, 15) is 13.2 Å². The Hall–Kier alpha value is -2.41. The van der Waals surface area contributed by atoms with Crippen LogP contribution in [-0.2, 0) is 12.7 Å². The Labute approximate surface area is 157 Å². The molecule has 0 radical (unpaired) electrons. The van der Waals surface area contributed by atoms with E-state index in [-0.39, 0.29) is 0 Å². The van der Waals surface area contributed by atoms with Gasteiger partial charge in [-0.05, 0) is 35.9 Å². The molecule has 1 heterocycles. The van der Waals surface area contributed by atoms with Crippen molar-refractivity contribution in [1.29, 1.82) is 0 Å². The number of benzene rings is 2. The van der Waals surface area contributed by atoms with Crippen LogP contribution >= 0.6 is 0 Å². The number of methoxy groups -OCH3 is 2. The van der Waals surface area contributed by atoms with Gasteiger partial charge in [0.2, 0.25) is 0 Å². The molecule has 0 saturated carbocycles. The van der Waals surface area contributed by atoms with Crippen molar-refractivity contribution in [2.45, 2.75) is 12.7 Å². The van der Waals surface area contributed by atoms with Gasteiger partial charge in [-0.2, -0.15) is 13.2 Å². The van der Waals surface area contributed by atoms with Gasteiger partial charge in [0.15, 0.2) is 0 Å². The molecular formula is C20H23F3N2O2. The highest BCUT2D eigenvalue weighted by Crippen LogP contribution is 2.32. The van der Waals surface area contributed by atoms with Crippen molar-refractivity contribution < 1.29 is 22.6 Å². The minimum absolute atomic E-state index is 0.606. The molecule has 0 spiro atoms. The fraction of sp³-hybridized carbons (Fsp3) is 0.400. The first kappa shape index (κ1) is 19.4. The molecule has 0 amide bonds. The maximum Gasteiger partial charge on any atom is 0.416 e. The lowest BCUT2D eigenvalue weighted by Crippen LogP contribution is -2.46. The van der Waals surface area contributed by atoms with Crippen molar-refractivity contribution >= 4 is 5.69 Å². The zero-order valence-electron chi connectivity index (χ0n) is 15.4. The third-order valence-corrected chi connectivity index (χ3v) is 4.73. The SMILES string of the molecule is COc1cc(CN2CCN(c3cccc(C(F)(F)F)c3)CC2)cc(OC)c1. The summed E-state index contributed by atoms with van der Waals surface area (Å²) in [7, 11) is 3.23. The van der Waals surface area contributed by atoms with Crippen molar-refractivity contribution in [2.24, 2.45) is 0 Å². The second kappa shape index (κ2) is 8.08. The molecule has 0 N–H and O–H groups in total. The van der Waals surface area contributed by atoms with E-state index in [4.69, 9.17) is 9.47 Å². The van der Waals surface area contributed by atoms with Gasteiger partial charge < -0.3 is 14.4 Å². The number of hydrogen-bond donors (Lipinski definition) is 0. The molecule has 2 aromatic rings. The molecule has 1 fully saturated rings. The molecule has 27 heavy (non-hydrogen) atoms. The predicted molar refractivity (Wildman–Crippen MR) is 98.5 cm³/mol. The summed E-state index contributed by atoms with van der Waals surface area (Å²) < 4.78 is 49.4. The van der Waals surface area contributed by atoms with Crippen LogP contribution in [0.1, 0.15) is 11.1 Å². The maximum atomic E-state index is 12.9. The lowest BCUT2D eigenvalue weighted by molar-refractivity contribution is -0.137. The van der Waals surface area contributed by atoms with Crippen LogP contribution in [0.5, 0.6) is 11.5 Å². The summed E-state index contributed by atoms with van der Waals surface area (Å²) in [5.41, 5.74) is 1.09. The number of nitrogens with zero attached hydrogens (tertiary/aromatic N) is 2. The van der Waals surface area contributed by atoms with Gasteiger partial charge in [-0.3, -0.25) is 4.90 Å². The van der Waals surface area contributed by atoms with Gasteiger partial charge in [-0.25, -0.2) is 0 Å². The summed E-state index contributed by atoms with van der Waals surface area (Å²) in [5, 5.41) is 0. The number of piperazine rings is 1. The van der Waals surface area contributed by atoms with E-state index in [1.54, 1.807) is 20.3 Å². The molecule has 146 valence electrons. The average Bonchev–Trinajstić information content (AvgIpc) is 2.67. The van der Waals surface area contributed by atoms with Crippen LogP contribution in [-0.4, -0.2) is 45.3 Å². The number of alkyl halides is 3. The van der Waals surface area contributed by atoms with E-state index in [0.717, 1.165) is 42.8 Å². The fourth-order valence-electron chi connectivity index (χ4n) is 3.26. The normalized spacial score (nSPS) is 15.7. The maximum absolute atomic E-state index is 12.9. The molecular weight excluding hydrogens is 357 g/mol. The van der Waals surface area contributed by atoms with Crippen LogP contribution in [0, 0.1) is 0 Å². The van der Waals surface area contributed by atoms with Crippen molar-refractivity contribution in [3.05, 3.63) is 53.6 Å². The zero-order chi connectivity index (χ0) is 19.4. The quantitative estimate of drug-likeness (QED) is 0.782. The summed E-state index contributed by atoms with van der Waals surface area (Å²) in [5.74, 6) is 1.49. The first-order valence-corrected chi connectivity index (χ1v) is 8.75. The van der Waals surface area contributed by atoms with E-state index in [1.165, 1.54) is 12.1 Å². The van der Waals surface area contributed by atoms with Crippen molar-refractivity contribution in [2.75, 3.05) is 45.3 Å². The highest BCUT2D eigenvalue weighted by atomic mass is 19.4. The summed E-state index contributed by atoms with van der Waals surface area (Å²) in [4.78, 5) is 4.27. The topological polar surface area (TPSA) is 24.9 Å². The molecule has 0 aromatic heterocycles. The number of hydrogen-bond acceptors (Lipinski definition) is 4. The highest BCUT2D eigenvalue weighted by Gasteiger charge is 2.31. The van der Waals surface area contributed by atoms with Crippen molar-refractivity contribution in [1.82, 2.24) is 4.90 Å². The molecule has 0 unspecified atom stereocenters. The van der Waals surface area contributed by atoms with Gasteiger partial charge in [0, 0.05) is 44.5 Å². The predicted octanol–water partition coefficient (Wildman–Crippen LogP) is 4.04. The number of rotatable bonds is 5. The van der Waals surface area contributed by atoms with Gasteiger partial charge in [0.1, 0.15) is 11.5 Å². The zero-order valence-corrected chi connectivity index (χ0v) is 15.4. The summed E-state index contributed by atoms with van der Waals surface area (Å²) in [6.07, 6.45) is -4.32. The van der Waals surface area contributed by atoms with Gasteiger partial charge in [-0.15, -0.1) is 0 Å². The van der Waals surface area contributed by atoms with Crippen LogP contribution in [0.15, 0.2) is 42.5 Å². The summed E-state index contributed by atoms with van der Waals surface area (Å²) >= 11 is 0. The third kappa shape index (κ3) is 4.86. The lowest BCUT2D eigenvalue weighted by atomic mass is 10.1. The first-order chi connectivity index (χ1) is 12.9. The molecule has 0 atom stereocenters. The van der Waals surface area contributed by atoms with Crippen LogP contribution in [0.2, 0.25) is 0 Å². The number of anilines is 1. The van der Waals surface area contributed by atoms with Crippen molar-refractivity contribution in [3.63, 3.8) is 0 Å².